The number of unbranched alkanes of at least 4 members (excludes halogenated alkanes) is 1. The predicted octanol–water partition coefficient (Wildman–Crippen LogP) is 1.89. The number of aromatic nitrogens is 3. The first-order valence-electron chi connectivity index (χ1n) is 6.51. The van der Waals surface area contributed by atoms with Crippen molar-refractivity contribution >= 4 is 0 Å². The van der Waals surface area contributed by atoms with E-state index in [1.165, 1.54) is 12.8 Å². The van der Waals surface area contributed by atoms with Gasteiger partial charge in [-0.2, -0.15) is 0 Å². The molecule has 0 aliphatic rings. The Morgan fingerprint density at radius 2 is 2.11 bits per heavy atom. The SMILES string of the molecule is c1ccc(CCNCCCCn2ccnc2)nc1. The lowest BCUT2D eigenvalue weighted by molar-refractivity contribution is 0.568. The Balaban J connectivity index is 1.47. The molecule has 0 saturated carbocycles. The van der Waals surface area contributed by atoms with Crippen LogP contribution >= 0.6 is 0 Å². The van der Waals surface area contributed by atoms with Gasteiger partial charge in [0.05, 0.1) is 6.33 Å². The second kappa shape index (κ2) is 7.61. The van der Waals surface area contributed by atoms with Crippen molar-refractivity contribution in [2.24, 2.45) is 0 Å². The Bertz CT molecular complexity index is 411. The molecule has 0 amide bonds. The van der Waals surface area contributed by atoms with Gasteiger partial charge in [-0.15, -0.1) is 0 Å². The van der Waals surface area contributed by atoms with E-state index in [2.05, 4.69) is 25.9 Å². The largest absolute Gasteiger partial charge is 0.337 e. The van der Waals surface area contributed by atoms with E-state index in [4.69, 9.17) is 0 Å². The minimum Gasteiger partial charge on any atom is -0.337 e. The van der Waals surface area contributed by atoms with Crippen LogP contribution in [0.3, 0.4) is 0 Å². The van der Waals surface area contributed by atoms with E-state index >= 15 is 0 Å². The average molecular weight is 244 g/mol. The van der Waals surface area contributed by atoms with Gasteiger partial charge >= 0.3 is 0 Å². The fraction of sp³-hybridized carbons (Fsp3) is 0.429. The van der Waals surface area contributed by atoms with Gasteiger partial charge in [-0.25, -0.2) is 4.98 Å². The topological polar surface area (TPSA) is 42.7 Å². The minimum absolute atomic E-state index is 1.00. The van der Waals surface area contributed by atoms with Crippen molar-refractivity contribution in [2.45, 2.75) is 25.8 Å². The van der Waals surface area contributed by atoms with E-state index in [0.717, 1.165) is 31.7 Å². The zero-order valence-corrected chi connectivity index (χ0v) is 10.6. The fourth-order valence-electron chi connectivity index (χ4n) is 1.85. The molecule has 0 fully saturated rings. The van der Waals surface area contributed by atoms with Gasteiger partial charge in [0.2, 0.25) is 0 Å². The van der Waals surface area contributed by atoms with Crippen LogP contribution in [0, 0.1) is 0 Å². The molecule has 0 unspecified atom stereocenters. The summed E-state index contributed by atoms with van der Waals surface area (Å²) >= 11 is 0. The van der Waals surface area contributed by atoms with Gasteiger partial charge < -0.3 is 9.88 Å². The second-order valence-electron chi connectivity index (χ2n) is 4.33. The van der Waals surface area contributed by atoms with Crippen molar-refractivity contribution in [3.05, 3.63) is 48.8 Å². The zero-order chi connectivity index (χ0) is 12.5. The lowest BCUT2D eigenvalue weighted by Gasteiger charge is -2.05. The molecular formula is C14H20N4. The monoisotopic (exact) mass is 244 g/mol. The van der Waals surface area contributed by atoms with E-state index < -0.39 is 0 Å². The van der Waals surface area contributed by atoms with Crippen LogP contribution in [-0.2, 0) is 13.0 Å². The number of hydrogen-bond donors (Lipinski definition) is 1. The fourth-order valence-corrected chi connectivity index (χ4v) is 1.85. The molecule has 96 valence electrons. The first-order chi connectivity index (χ1) is 8.95. The second-order valence-corrected chi connectivity index (χ2v) is 4.33. The number of pyridine rings is 1. The maximum atomic E-state index is 4.30. The summed E-state index contributed by atoms with van der Waals surface area (Å²) in [5.74, 6) is 0. The summed E-state index contributed by atoms with van der Waals surface area (Å²) < 4.78 is 2.12. The molecule has 0 spiro atoms. The Morgan fingerprint density at radius 3 is 2.89 bits per heavy atom. The van der Waals surface area contributed by atoms with Crippen LogP contribution in [0.15, 0.2) is 43.1 Å². The van der Waals surface area contributed by atoms with Gasteiger partial charge in [-0.3, -0.25) is 4.98 Å². The maximum Gasteiger partial charge on any atom is 0.0945 e. The molecule has 4 nitrogen and oxygen atoms in total. The molecule has 0 aliphatic carbocycles. The van der Waals surface area contributed by atoms with E-state index in [0.29, 0.717) is 0 Å². The number of nitrogens with one attached hydrogen (secondary N) is 1. The van der Waals surface area contributed by atoms with Gasteiger partial charge in [0, 0.05) is 43.8 Å². The van der Waals surface area contributed by atoms with Crippen molar-refractivity contribution in [1.82, 2.24) is 19.9 Å². The molecule has 0 atom stereocenters. The number of hydrogen-bond acceptors (Lipinski definition) is 3. The molecule has 0 saturated heterocycles. The van der Waals surface area contributed by atoms with E-state index in [-0.39, 0.29) is 0 Å². The van der Waals surface area contributed by atoms with Crippen molar-refractivity contribution in [1.29, 1.82) is 0 Å². The highest BCUT2D eigenvalue weighted by Gasteiger charge is 1.94. The number of imidazole rings is 1. The molecule has 0 bridgehead atoms. The average Bonchev–Trinajstić information content (AvgIpc) is 2.92. The molecule has 2 aromatic rings. The summed E-state index contributed by atoms with van der Waals surface area (Å²) in [5, 5.41) is 3.45. The van der Waals surface area contributed by atoms with Crippen LogP contribution in [0.25, 0.3) is 0 Å². The van der Waals surface area contributed by atoms with Crippen molar-refractivity contribution in [3.8, 4) is 0 Å². The molecule has 4 heteroatoms. The third kappa shape index (κ3) is 4.67. The zero-order valence-electron chi connectivity index (χ0n) is 10.6. The molecule has 2 heterocycles. The minimum atomic E-state index is 1.00. The highest BCUT2D eigenvalue weighted by atomic mass is 15.0. The summed E-state index contributed by atoms with van der Waals surface area (Å²) in [5.41, 5.74) is 1.16. The molecular weight excluding hydrogens is 224 g/mol. The Hall–Kier alpha value is -1.68. The lowest BCUT2D eigenvalue weighted by Crippen LogP contribution is -2.19. The molecule has 2 aromatic heterocycles. The van der Waals surface area contributed by atoms with E-state index in [1.54, 1.807) is 0 Å². The first-order valence-corrected chi connectivity index (χ1v) is 6.51. The Kier molecular flexibility index (Phi) is 5.40. The molecule has 0 aromatic carbocycles. The van der Waals surface area contributed by atoms with Gasteiger partial charge in [-0.1, -0.05) is 6.07 Å². The smallest absolute Gasteiger partial charge is 0.0945 e. The summed E-state index contributed by atoms with van der Waals surface area (Å²) in [6, 6.07) is 6.06. The van der Waals surface area contributed by atoms with Crippen molar-refractivity contribution in [2.75, 3.05) is 13.1 Å². The first kappa shape index (κ1) is 12.8. The third-order valence-corrected chi connectivity index (χ3v) is 2.86. The third-order valence-electron chi connectivity index (χ3n) is 2.86. The van der Waals surface area contributed by atoms with Crippen molar-refractivity contribution in [3.63, 3.8) is 0 Å². The van der Waals surface area contributed by atoms with E-state index in [1.807, 2.05) is 37.1 Å². The number of aryl methyl sites for hydroxylation is 1. The van der Waals surface area contributed by atoms with Crippen LogP contribution in [0.4, 0.5) is 0 Å². The Labute approximate surface area is 108 Å². The van der Waals surface area contributed by atoms with Gasteiger partial charge in [0.25, 0.3) is 0 Å². The quantitative estimate of drug-likeness (QED) is 0.721. The van der Waals surface area contributed by atoms with Gasteiger partial charge in [0.15, 0.2) is 0 Å². The summed E-state index contributed by atoms with van der Waals surface area (Å²) in [6.07, 6.45) is 10.9. The van der Waals surface area contributed by atoms with Crippen LogP contribution in [0.5, 0.6) is 0 Å². The summed E-state index contributed by atoms with van der Waals surface area (Å²) in [4.78, 5) is 8.32. The van der Waals surface area contributed by atoms with Gasteiger partial charge in [-0.05, 0) is 31.5 Å². The number of nitrogens with zero attached hydrogens (tertiary/aromatic N) is 3. The standard InChI is InChI=1S/C14H20N4/c1-2-8-17-14(5-1)6-9-15-7-3-4-11-18-12-10-16-13-18/h1-2,5,8,10,12-13,15H,3-4,6-7,9,11H2. The predicted molar refractivity (Wildman–Crippen MR) is 72.3 cm³/mol. The van der Waals surface area contributed by atoms with Crippen LogP contribution in [0.2, 0.25) is 0 Å². The normalized spacial score (nSPS) is 10.7. The lowest BCUT2D eigenvalue weighted by atomic mass is 10.2. The van der Waals surface area contributed by atoms with E-state index in [9.17, 15) is 0 Å². The number of rotatable bonds is 8. The highest BCUT2D eigenvalue weighted by molar-refractivity contribution is 5.03. The summed E-state index contributed by atoms with van der Waals surface area (Å²) in [7, 11) is 0. The molecule has 18 heavy (non-hydrogen) atoms. The van der Waals surface area contributed by atoms with Crippen LogP contribution < -0.4 is 5.32 Å². The maximum absolute atomic E-state index is 4.30. The molecule has 1 N–H and O–H groups in total. The van der Waals surface area contributed by atoms with Gasteiger partial charge in [0.1, 0.15) is 0 Å². The Morgan fingerprint density at radius 1 is 1.11 bits per heavy atom. The molecule has 0 radical (unpaired) electrons. The highest BCUT2D eigenvalue weighted by Crippen LogP contribution is 1.95. The molecule has 0 aliphatic heterocycles. The van der Waals surface area contributed by atoms with Crippen LogP contribution in [-0.4, -0.2) is 27.6 Å². The summed E-state index contributed by atoms with van der Waals surface area (Å²) in [6.45, 7) is 3.13. The molecule has 2 rings (SSSR count). The van der Waals surface area contributed by atoms with Crippen molar-refractivity contribution < 1.29 is 0 Å². The van der Waals surface area contributed by atoms with Crippen LogP contribution in [0.1, 0.15) is 18.5 Å².